The maximum absolute atomic E-state index is 13.0. The van der Waals surface area contributed by atoms with E-state index in [0.29, 0.717) is 29.7 Å². The number of hydrogen-bond acceptors (Lipinski definition) is 6. The van der Waals surface area contributed by atoms with Crippen molar-refractivity contribution in [1.82, 2.24) is 15.0 Å². The molecule has 1 unspecified atom stereocenters. The lowest BCUT2D eigenvalue weighted by Gasteiger charge is -2.23. The molecule has 2 fully saturated rings. The summed E-state index contributed by atoms with van der Waals surface area (Å²) in [6.45, 7) is 8.05. The zero-order chi connectivity index (χ0) is 20.4. The Morgan fingerprint density at radius 3 is 2.69 bits per heavy atom. The van der Waals surface area contributed by atoms with Gasteiger partial charge in [0.25, 0.3) is 5.91 Å². The molecule has 1 aromatic heterocycles. The van der Waals surface area contributed by atoms with E-state index in [1.807, 2.05) is 24.8 Å². The van der Waals surface area contributed by atoms with Gasteiger partial charge in [-0.15, -0.1) is 0 Å². The lowest BCUT2D eigenvalue weighted by molar-refractivity contribution is 0.0779. The molecule has 1 atom stereocenters. The molecule has 1 amide bonds. The minimum atomic E-state index is 0.0577. The van der Waals surface area contributed by atoms with Crippen LogP contribution in [-0.4, -0.2) is 60.2 Å². The van der Waals surface area contributed by atoms with Gasteiger partial charge in [0.05, 0.1) is 18.4 Å². The highest BCUT2D eigenvalue weighted by atomic mass is 16.5. The summed E-state index contributed by atoms with van der Waals surface area (Å²) in [5, 5.41) is 3.95. The third kappa shape index (κ3) is 4.10. The highest BCUT2D eigenvalue weighted by Gasteiger charge is 2.32. The van der Waals surface area contributed by atoms with Gasteiger partial charge in [0.2, 0.25) is 0 Å². The molecule has 2 aliphatic rings. The number of likely N-dealkylation sites (tertiary alicyclic amines) is 2. The fraction of sp³-hybridized carbons (Fsp3) is 0.545. The maximum Gasteiger partial charge on any atom is 0.254 e. The summed E-state index contributed by atoms with van der Waals surface area (Å²) >= 11 is 0. The zero-order valence-electron chi connectivity index (χ0n) is 17.4. The molecular formula is C22H29N3O4. The predicted octanol–water partition coefficient (Wildman–Crippen LogP) is 3.19. The molecule has 0 N–H and O–H groups in total. The number of nitrogens with zero attached hydrogens (tertiary/aromatic N) is 3. The predicted molar refractivity (Wildman–Crippen MR) is 108 cm³/mol. The van der Waals surface area contributed by atoms with Gasteiger partial charge in [-0.05, 0) is 64.4 Å². The third-order valence-corrected chi connectivity index (χ3v) is 6.07. The van der Waals surface area contributed by atoms with Crippen LogP contribution in [0.1, 0.15) is 46.6 Å². The number of aromatic nitrogens is 1. The lowest BCUT2D eigenvalue weighted by atomic mass is 10.1. The molecule has 2 saturated heterocycles. The van der Waals surface area contributed by atoms with E-state index >= 15 is 0 Å². The smallest absolute Gasteiger partial charge is 0.254 e. The van der Waals surface area contributed by atoms with Crippen LogP contribution in [0.15, 0.2) is 22.7 Å². The number of carbonyl (C=O) groups is 1. The summed E-state index contributed by atoms with van der Waals surface area (Å²) in [7, 11) is 1.59. The van der Waals surface area contributed by atoms with Crippen LogP contribution in [0.25, 0.3) is 0 Å². The summed E-state index contributed by atoms with van der Waals surface area (Å²) in [6, 6.07) is 5.89. The first-order valence-electron chi connectivity index (χ1n) is 10.3. The summed E-state index contributed by atoms with van der Waals surface area (Å²) in [5.41, 5.74) is 2.38. The number of rotatable bonds is 6. The third-order valence-electron chi connectivity index (χ3n) is 6.07. The van der Waals surface area contributed by atoms with E-state index in [0.717, 1.165) is 49.6 Å². The number of methoxy groups -OCH3 is 1. The Hall–Kier alpha value is -2.54. The van der Waals surface area contributed by atoms with Crippen molar-refractivity contribution in [3.05, 3.63) is 40.8 Å². The Labute approximate surface area is 171 Å². The second kappa shape index (κ2) is 8.45. The highest BCUT2D eigenvalue weighted by Crippen LogP contribution is 2.31. The molecule has 0 radical (unpaired) electrons. The Bertz CT molecular complexity index is 853. The molecule has 0 saturated carbocycles. The van der Waals surface area contributed by atoms with Gasteiger partial charge in [-0.1, -0.05) is 5.16 Å². The van der Waals surface area contributed by atoms with Crippen molar-refractivity contribution < 1.29 is 18.8 Å². The minimum absolute atomic E-state index is 0.0577. The van der Waals surface area contributed by atoms with E-state index in [1.165, 1.54) is 12.8 Å². The summed E-state index contributed by atoms with van der Waals surface area (Å²) in [5.74, 6) is 1.95. The molecule has 1 aromatic carbocycles. The first kappa shape index (κ1) is 19.8. The second-order valence-corrected chi connectivity index (χ2v) is 7.89. The SMILES string of the molecule is COc1cc(C(=O)N2CCC(N3CCCC3)C2)ccc1OCc1c(C)noc1C. The van der Waals surface area contributed by atoms with Crippen LogP contribution in [0.3, 0.4) is 0 Å². The van der Waals surface area contributed by atoms with E-state index in [2.05, 4.69) is 10.1 Å². The van der Waals surface area contributed by atoms with Crippen LogP contribution in [0.2, 0.25) is 0 Å². The molecule has 7 nitrogen and oxygen atoms in total. The standard InChI is InChI=1S/C22H29N3O4/c1-15-19(16(2)29-23-15)14-28-20-7-6-17(12-21(20)27-3)22(26)25-11-8-18(13-25)24-9-4-5-10-24/h6-7,12,18H,4-5,8-11,13-14H2,1-3H3. The zero-order valence-corrected chi connectivity index (χ0v) is 17.4. The molecule has 4 rings (SSSR count). The van der Waals surface area contributed by atoms with Gasteiger partial charge in [-0.3, -0.25) is 9.69 Å². The van der Waals surface area contributed by atoms with E-state index < -0.39 is 0 Å². The average Bonchev–Trinajstić information content (AvgIpc) is 3.48. The van der Waals surface area contributed by atoms with Gasteiger partial charge < -0.3 is 18.9 Å². The topological polar surface area (TPSA) is 68.0 Å². The molecule has 2 aliphatic heterocycles. The molecule has 156 valence electrons. The number of aryl methyl sites for hydroxylation is 2. The van der Waals surface area contributed by atoms with Crippen LogP contribution in [0.4, 0.5) is 0 Å². The monoisotopic (exact) mass is 399 g/mol. The quantitative estimate of drug-likeness (QED) is 0.743. The largest absolute Gasteiger partial charge is 0.493 e. The van der Waals surface area contributed by atoms with Crippen molar-refractivity contribution >= 4 is 5.91 Å². The van der Waals surface area contributed by atoms with E-state index in [1.54, 1.807) is 19.2 Å². The van der Waals surface area contributed by atoms with E-state index in [-0.39, 0.29) is 5.91 Å². The van der Waals surface area contributed by atoms with Gasteiger partial charge in [0, 0.05) is 24.7 Å². The molecule has 0 spiro atoms. The van der Waals surface area contributed by atoms with Crippen LogP contribution in [-0.2, 0) is 6.61 Å². The fourth-order valence-electron chi connectivity index (χ4n) is 4.29. The van der Waals surface area contributed by atoms with Gasteiger partial charge >= 0.3 is 0 Å². The number of ether oxygens (including phenoxy) is 2. The number of hydrogen-bond donors (Lipinski definition) is 0. The van der Waals surface area contributed by atoms with Crippen LogP contribution < -0.4 is 9.47 Å². The van der Waals surface area contributed by atoms with Gasteiger partial charge in [-0.25, -0.2) is 0 Å². The Morgan fingerprint density at radius 2 is 2.00 bits per heavy atom. The van der Waals surface area contributed by atoms with Crippen LogP contribution >= 0.6 is 0 Å². The van der Waals surface area contributed by atoms with Crippen LogP contribution in [0, 0.1) is 13.8 Å². The normalized spacial score (nSPS) is 19.7. The highest BCUT2D eigenvalue weighted by molar-refractivity contribution is 5.95. The molecule has 2 aromatic rings. The van der Waals surface area contributed by atoms with Gasteiger partial charge in [0.1, 0.15) is 12.4 Å². The lowest BCUT2D eigenvalue weighted by Crippen LogP contribution is -2.37. The summed E-state index contributed by atoms with van der Waals surface area (Å²) < 4.78 is 16.6. The van der Waals surface area contributed by atoms with E-state index in [9.17, 15) is 4.79 Å². The van der Waals surface area contributed by atoms with Crippen molar-refractivity contribution in [2.45, 2.75) is 45.8 Å². The molecule has 3 heterocycles. The number of carbonyl (C=O) groups excluding carboxylic acids is 1. The second-order valence-electron chi connectivity index (χ2n) is 7.89. The average molecular weight is 399 g/mol. The van der Waals surface area contributed by atoms with Gasteiger partial charge in [-0.2, -0.15) is 0 Å². The van der Waals surface area contributed by atoms with Crippen molar-refractivity contribution in [3.63, 3.8) is 0 Å². The van der Waals surface area contributed by atoms with Crippen molar-refractivity contribution in [2.24, 2.45) is 0 Å². The Morgan fingerprint density at radius 1 is 1.21 bits per heavy atom. The summed E-state index contributed by atoms with van der Waals surface area (Å²) in [4.78, 5) is 17.5. The van der Waals surface area contributed by atoms with Crippen molar-refractivity contribution in [2.75, 3.05) is 33.3 Å². The molecule has 29 heavy (non-hydrogen) atoms. The maximum atomic E-state index is 13.0. The van der Waals surface area contributed by atoms with Crippen molar-refractivity contribution in [1.29, 1.82) is 0 Å². The Kier molecular flexibility index (Phi) is 5.76. The molecule has 0 aliphatic carbocycles. The van der Waals surface area contributed by atoms with Gasteiger partial charge in [0.15, 0.2) is 11.5 Å². The molecule has 7 heteroatoms. The first-order valence-corrected chi connectivity index (χ1v) is 10.3. The molecular weight excluding hydrogens is 370 g/mol. The fourth-order valence-corrected chi connectivity index (χ4v) is 4.29. The Balaban J connectivity index is 1.42. The van der Waals surface area contributed by atoms with E-state index in [4.69, 9.17) is 14.0 Å². The van der Waals surface area contributed by atoms with Crippen molar-refractivity contribution in [3.8, 4) is 11.5 Å². The number of benzene rings is 1. The first-order chi connectivity index (χ1) is 14.1. The van der Waals surface area contributed by atoms with Crippen LogP contribution in [0.5, 0.6) is 11.5 Å². The summed E-state index contributed by atoms with van der Waals surface area (Å²) in [6.07, 6.45) is 3.61. The number of amides is 1. The minimum Gasteiger partial charge on any atom is -0.493 e. The molecule has 0 bridgehead atoms.